The highest BCUT2D eigenvalue weighted by molar-refractivity contribution is 4.76. The predicted molar refractivity (Wildman–Crippen MR) is 58.9 cm³/mol. The lowest BCUT2D eigenvalue weighted by Gasteiger charge is -2.28. The molecule has 1 fully saturated rings. The number of unbranched alkanes of at least 4 members (excludes halogenated alkanes) is 1. The molecule has 0 bridgehead atoms. The van der Waals surface area contributed by atoms with E-state index in [1.807, 2.05) is 0 Å². The van der Waals surface area contributed by atoms with Gasteiger partial charge < -0.3 is 5.32 Å². The Hall–Kier alpha value is -0.550. The Morgan fingerprint density at radius 3 is 2.71 bits per heavy atom. The molecular formula is C12H22N2. The van der Waals surface area contributed by atoms with Gasteiger partial charge in [0.05, 0.1) is 6.07 Å². The van der Waals surface area contributed by atoms with Crippen molar-refractivity contribution in [2.24, 2.45) is 5.92 Å². The van der Waals surface area contributed by atoms with Crippen LogP contribution in [0.5, 0.6) is 0 Å². The van der Waals surface area contributed by atoms with Gasteiger partial charge in [0.25, 0.3) is 0 Å². The van der Waals surface area contributed by atoms with Gasteiger partial charge in [0.1, 0.15) is 0 Å². The van der Waals surface area contributed by atoms with Crippen molar-refractivity contribution >= 4 is 0 Å². The Bertz CT molecular complexity index is 177. The normalized spacial score (nSPS) is 20.3. The first-order valence-electron chi connectivity index (χ1n) is 5.95. The van der Waals surface area contributed by atoms with Crippen molar-refractivity contribution in [3.63, 3.8) is 0 Å². The average Bonchev–Trinajstić information content (AvgIpc) is 2.25. The second-order valence-electron chi connectivity index (χ2n) is 4.40. The lowest BCUT2D eigenvalue weighted by molar-refractivity contribution is 0.281. The lowest BCUT2D eigenvalue weighted by atomic mass is 9.84. The molecule has 0 spiro atoms. The molecule has 80 valence electrons. The zero-order valence-corrected chi connectivity index (χ0v) is 9.26. The fourth-order valence-corrected chi connectivity index (χ4v) is 2.30. The lowest BCUT2D eigenvalue weighted by Crippen LogP contribution is -2.35. The van der Waals surface area contributed by atoms with E-state index in [1.165, 1.54) is 32.1 Å². The number of nitrogens with one attached hydrogen (secondary N) is 1. The highest BCUT2D eigenvalue weighted by Gasteiger charge is 2.18. The van der Waals surface area contributed by atoms with Crippen LogP contribution in [0.25, 0.3) is 0 Å². The number of nitrogens with zero attached hydrogens (tertiary/aromatic N) is 1. The van der Waals surface area contributed by atoms with Crippen molar-refractivity contribution in [1.29, 1.82) is 5.26 Å². The van der Waals surface area contributed by atoms with Gasteiger partial charge in [-0.1, -0.05) is 19.3 Å². The molecule has 14 heavy (non-hydrogen) atoms. The first-order valence-corrected chi connectivity index (χ1v) is 5.95. The Morgan fingerprint density at radius 1 is 1.36 bits per heavy atom. The molecule has 1 aliphatic carbocycles. The van der Waals surface area contributed by atoms with Crippen molar-refractivity contribution in [3.8, 4) is 6.07 Å². The summed E-state index contributed by atoms with van der Waals surface area (Å²) in [7, 11) is 0. The molecular weight excluding hydrogens is 172 g/mol. The fraction of sp³-hybridized carbons (Fsp3) is 0.917. The summed E-state index contributed by atoms with van der Waals surface area (Å²) in [4.78, 5) is 0. The largest absolute Gasteiger partial charge is 0.314 e. The summed E-state index contributed by atoms with van der Waals surface area (Å²) >= 11 is 0. The van der Waals surface area contributed by atoms with Gasteiger partial charge in [0.2, 0.25) is 0 Å². The van der Waals surface area contributed by atoms with Gasteiger partial charge in [-0.3, -0.25) is 0 Å². The number of hydrogen-bond donors (Lipinski definition) is 1. The van der Waals surface area contributed by atoms with E-state index >= 15 is 0 Å². The zero-order valence-electron chi connectivity index (χ0n) is 9.26. The van der Waals surface area contributed by atoms with Crippen LogP contribution in [-0.4, -0.2) is 12.6 Å². The smallest absolute Gasteiger partial charge is 0.0622 e. The summed E-state index contributed by atoms with van der Waals surface area (Å²) in [5.41, 5.74) is 0. The summed E-state index contributed by atoms with van der Waals surface area (Å²) in [6.07, 6.45) is 8.72. The maximum atomic E-state index is 8.40. The molecule has 0 aromatic heterocycles. The molecule has 0 aromatic rings. The highest BCUT2D eigenvalue weighted by Crippen LogP contribution is 2.26. The van der Waals surface area contributed by atoms with Crippen LogP contribution in [-0.2, 0) is 0 Å². The highest BCUT2D eigenvalue weighted by atomic mass is 14.9. The summed E-state index contributed by atoms with van der Waals surface area (Å²) in [6, 6.07) is 2.83. The van der Waals surface area contributed by atoms with Gasteiger partial charge in [-0.25, -0.2) is 0 Å². The van der Waals surface area contributed by atoms with Crippen molar-refractivity contribution < 1.29 is 0 Å². The molecule has 1 saturated carbocycles. The quantitative estimate of drug-likeness (QED) is 0.683. The Labute approximate surface area is 87.7 Å². The monoisotopic (exact) mass is 194 g/mol. The third-order valence-corrected chi connectivity index (χ3v) is 3.29. The minimum Gasteiger partial charge on any atom is -0.314 e. The van der Waals surface area contributed by atoms with Gasteiger partial charge in [0.15, 0.2) is 0 Å². The molecule has 0 aromatic carbocycles. The van der Waals surface area contributed by atoms with E-state index < -0.39 is 0 Å². The molecule has 0 unspecified atom stereocenters. The Balaban J connectivity index is 2.07. The van der Waals surface area contributed by atoms with Crippen LogP contribution in [0.2, 0.25) is 0 Å². The van der Waals surface area contributed by atoms with Gasteiger partial charge in [0, 0.05) is 12.5 Å². The molecule has 1 rings (SSSR count). The average molecular weight is 194 g/mol. The molecule has 1 N–H and O–H groups in total. The third kappa shape index (κ3) is 4.11. The number of rotatable bonds is 5. The molecule has 1 aliphatic rings. The van der Waals surface area contributed by atoms with E-state index in [-0.39, 0.29) is 0 Å². The van der Waals surface area contributed by atoms with Crippen molar-refractivity contribution in [1.82, 2.24) is 5.32 Å². The van der Waals surface area contributed by atoms with Crippen LogP contribution < -0.4 is 5.32 Å². The van der Waals surface area contributed by atoms with Crippen LogP contribution >= 0.6 is 0 Å². The van der Waals surface area contributed by atoms with Gasteiger partial charge >= 0.3 is 0 Å². The molecule has 0 heterocycles. The molecule has 0 amide bonds. The molecule has 0 saturated heterocycles. The number of nitriles is 1. The van der Waals surface area contributed by atoms with Crippen LogP contribution in [0.15, 0.2) is 0 Å². The predicted octanol–water partition coefficient (Wildman–Crippen LogP) is 2.85. The minimum absolute atomic E-state index is 0.647. The molecule has 2 heteroatoms. The van der Waals surface area contributed by atoms with E-state index in [2.05, 4.69) is 18.3 Å². The van der Waals surface area contributed by atoms with E-state index in [0.717, 1.165) is 18.9 Å². The van der Waals surface area contributed by atoms with E-state index in [0.29, 0.717) is 12.5 Å². The van der Waals surface area contributed by atoms with Gasteiger partial charge in [-0.05, 0) is 38.6 Å². The number of hydrogen-bond acceptors (Lipinski definition) is 2. The molecule has 0 radical (unpaired) electrons. The first kappa shape index (κ1) is 11.5. The van der Waals surface area contributed by atoms with Crippen LogP contribution in [0.1, 0.15) is 51.9 Å². The second-order valence-corrected chi connectivity index (χ2v) is 4.40. The molecule has 1 atom stereocenters. The molecule has 2 nitrogen and oxygen atoms in total. The summed E-state index contributed by atoms with van der Waals surface area (Å²) in [6.45, 7) is 3.30. The van der Waals surface area contributed by atoms with Crippen molar-refractivity contribution in [2.75, 3.05) is 6.54 Å². The topological polar surface area (TPSA) is 35.8 Å². The minimum atomic E-state index is 0.647. The second kappa shape index (κ2) is 6.84. The maximum Gasteiger partial charge on any atom is 0.0622 e. The van der Waals surface area contributed by atoms with E-state index in [1.54, 1.807) is 0 Å². The van der Waals surface area contributed by atoms with Crippen LogP contribution in [0.3, 0.4) is 0 Å². The van der Waals surface area contributed by atoms with E-state index in [4.69, 9.17) is 5.26 Å². The van der Waals surface area contributed by atoms with Crippen molar-refractivity contribution in [3.05, 3.63) is 0 Å². The molecule has 0 aliphatic heterocycles. The SMILES string of the molecule is C[C@@H](NCCCC#N)C1CCCCC1. The van der Waals surface area contributed by atoms with Gasteiger partial charge in [-0.15, -0.1) is 0 Å². The zero-order chi connectivity index (χ0) is 10.2. The standard InChI is InChI=1S/C12H22N2/c1-11(14-10-6-5-9-13)12-7-3-2-4-8-12/h11-12,14H,2-8,10H2,1H3/t11-/m1/s1. The van der Waals surface area contributed by atoms with Gasteiger partial charge in [-0.2, -0.15) is 5.26 Å². The van der Waals surface area contributed by atoms with Crippen molar-refractivity contribution in [2.45, 2.75) is 57.9 Å². The Kier molecular flexibility index (Phi) is 5.63. The van der Waals surface area contributed by atoms with E-state index in [9.17, 15) is 0 Å². The Morgan fingerprint density at radius 2 is 2.07 bits per heavy atom. The summed E-state index contributed by atoms with van der Waals surface area (Å²) < 4.78 is 0. The first-order chi connectivity index (χ1) is 6.84. The third-order valence-electron chi connectivity index (χ3n) is 3.29. The fourth-order valence-electron chi connectivity index (χ4n) is 2.30. The summed E-state index contributed by atoms with van der Waals surface area (Å²) in [5.74, 6) is 0.880. The summed E-state index contributed by atoms with van der Waals surface area (Å²) in [5, 5.41) is 11.9. The maximum absolute atomic E-state index is 8.40. The van der Waals surface area contributed by atoms with Crippen LogP contribution in [0, 0.1) is 17.2 Å². The van der Waals surface area contributed by atoms with Crippen LogP contribution in [0.4, 0.5) is 0 Å².